The second kappa shape index (κ2) is 7.70. The van der Waals surface area contributed by atoms with Crippen molar-refractivity contribution in [1.29, 1.82) is 0 Å². The molecule has 0 spiro atoms. The van der Waals surface area contributed by atoms with Gasteiger partial charge >= 0.3 is 0 Å². The normalized spacial score (nSPS) is 16.1. The highest BCUT2D eigenvalue weighted by atomic mass is 32.2. The van der Waals surface area contributed by atoms with Crippen molar-refractivity contribution in [3.05, 3.63) is 94.0 Å². The van der Waals surface area contributed by atoms with Crippen LogP contribution in [0.2, 0.25) is 0 Å². The van der Waals surface area contributed by atoms with Crippen LogP contribution in [0.1, 0.15) is 28.7 Å². The average Bonchev–Trinajstić information content (AvgIpc) is 3.25. The molecule has 4 aromatic rings. The largest absolute Gasteiger partial charge is 0.503 e. The fraction of sp³-hybridized carbons (Fsp3) is 0.208. The van der Waals surface area contributed by atoms with E-state index in [0.29, 0.717) is 12.4 Å². The van der Waals surface area contributed by atoms with Gasteiger partial charge in [0.1, 0.15) is 5.69 Å². The van der Waals surface area contributed by atoms with Gasteiger partial charge in [0.05, 0.1) is 17.1 Å². The van der Waals surface area contributed by atoms with E-state index in [9.17, 15) is 18.3 Å². The molecule has 2 aromatic carbocycles. The number of hydrogen-bond donors (Lipinski definition) is 1. The maximum atomic E-state index is 12.3. The number of aryl methyl sites for hydroxylation is 1. The van der Waals surface area contributed by atoms with Gasteiger partial charge in [0, 0.05) is 31.1 Å². The summed E-state index contributed by atoms with van der Waals surface area (Å²) in [5.41, 5.74) is 2.53. The molecule has 0 unspecified atom stereocenters. The molecule has 33 heavy (non-hydrogen) atoms. The Morgan fingerprint density at radius 2 is 1.88 bits per heavy atom. The van der Waals surface area contributed by atoms with Crippen molar-refractivity contribution in [2.75, 3.05) is 6.26 Å². The summed E-state index contributed by atoms with van der Waals surface area (Å²) in [5, 5.41) is 15.0. The highest BCUT2D eigenvalue weighted by Gasteiger charge is 2.35. The molecule has 8 nitrogen and oxygen atoms in total. The summed E-state index contributed by atoms with van der Waals surface area (Å²) in [6, 6.07) is 14.6. The molecule has 2 aromatic heterocycles. The Kier molecular flexibility index (Phi) is 4.93. The number of nitrogens with zero attached hydrogens (tertiary/aromatic N) is 4. The Balaban J connectivity index is 1.76. The molecular formula is C24H22N4O4S. The van der Waals surface area contributed by atoms with Crippen LogP contribution >= 0.6 is 0 Å². The van der Waals surface area contributed by atoms with Crippen LogP contribution in [0.15, 0.2) is 76.8 Å². The van der Waals surface area contributed by atoms with Crippen LogP contribution in [-0.2, 0) is 16.4 Å². The minimum Gasteiger partial charge on any atom is -0.503 e. The van der Waals surface area contributed by atoms with Gasteiger partial charge in [-0.2, -0.15) is 5.10 Å². The molecule has 0 bridgehead atoms. The van der Waals surface area contributed by atoms with E-state index in [2.05, 4.69) is 10.1 Å². The van der Waals surface area contributed by atoms with Crippen molar-refractivity contribution in [1.82, 2.24) is 19.3 Å². The first-order valence-electron chi connectivity index (χ1n) is 10.4. The Bertz CT molecular complexity index is 1520. The van der Waals surface area contributed by atoms with E-state index in [1.807, 2.05) is 41.8 Å². The molecule has 0 saturated carbocycles. The molecule has 0 fully saturated rings. The molecule has 2 atom stereocenters. The molecule has 1 N–H and O–H groups in total. The van der Waals surface area contributed by atoms with E-state index in [1.54, 1.807) is 35.3 Å². The topological polar surface area (TPSA) is 107 Å². The van der Waals surface area contributed by atoms with Crippen molar-refractivity contribution >= 4 is 9.84 Å². The summed E-state index contributed by atoms with van der Waals surface area (Å²) >= 11 is 0. The zero-order chi connectivity index (χ0) is 23.3. The highest BCUT2D eigenvalue weighted by Crippen LogP contribution is 2.42. The number of rotatable bonds is 4. The van der Waals surface area contributed by atoms with Crippen LogP contribution in [-0.4, -0.2) is 39.1 Å². The summed E-state index contributed by atoms with van der Waals surface area (Å²) < 4.78 is 28.1. The summed E-state index contributed by atoms with van der Waals surface area (Å²) in [6.45, 7) is 2.47. The third-order valence-electron chi connectivity index (χ3n) is 6.08. The van der Waals surface area contributed by atoms with Gasteiger partial charge in [-0.15, -0.1) is 0 Å². The second-order valence-electron chi connectivity index (χ2n) is 8.35. The minimum absolute atomic E-state index is 0.229. The quantitative estimate of drug-likeness (QED) is 0.500. The van der Waals surface area contributed by atoms with Crippen LogP contribution in [0.25, 0.3) is 11.5 Å². The lowest BCUT2D eigenvalue weighted by atomic mass is 9.84. The Hall–Kier alpha value is -3.72. The molecule has 5 rings (SSSR count). The van der Waals surface area contributed by atoms with Gasteiger partial charge in [0.25, 0.3) is 0 Å². The number of hydrogen-bond acceptors (Lipinski definition) is 6. The van der Waals surface area contributed by atoms with Gasteiger partial charge in [0.15, 0.2) is 21.4 Å². The second-order valence-corrected chi connectivity index (χ2v) is 10.4. The lowest BCUT2D eigenvalue weighted by Gasteiger charge is -2.35. The molecule has 0 saturated heterocycles. The zero-order valence-corrected chi connectivity index (χ0v) is 18.9. The monoisotopic (exact) mass is 462 g/mol. The average molecular weight is 463 g/mol. The number of benzene rings is 2. The van der Waals surface area contributed by atoms with Crippen LogP contribution in [0.4, 0.5) is 0 Å². The number of imidazole rings is 1. The van der Waals surface area contributed by atoms with Gasteiger partial charge in [0.2, 0.25) is 5.43 Å². The number of aromatic nitrogens is 4. The van der Waals surface area contributed by atoms with E-state index < -0.39 is 21.0 Å². The number of sulfone groups is 1. The summed E-state index contributed by atoms with van der Waals surface area (Å²) in [6.07, 6.45) is 5.69. The Labute approximate surface area is 190 Å². The number of fused-ring (bicyclic) bond motifs is 3. The molecule has 9 heteroatoms. The molecule has 0 amide bonds. The standard InChI is InChI=1S/C24H22N4O4S/c1-15-6-8-16(9-7-15)21(17-4-3-5-18(12-17)33(2,31)32)19-14-27-11-10-25-24(27)22-23(30)20(29)13-26-28(19)22/h3-13,19,21,30H,14H2,1-2H3/t19-,21+/m1/s1. The first-order valence-corrected chi connectivity index (χ1v) is 12.3. The lowest BCUT2D eigenvalue weighted by molar-refractivity contribution is 0.331. The predicted octanol–water partition coefficient (Wildman–Crippen LogP) is 2.91. The van der Waals surface area contributed by atoms with E-state index in [1.165, 1.54) is 6.26 Å². The highest BCUT2D eigenvalue weighted by molar-refractivity contribution is 7.90. The zero-order valence-electron chi connectivity index (χ0n) is 18.1. The first kappa shape index (κ1) is 21.1. The molecule has 1 aliphatic rings. The van der Waals surface area contributed by atoms with Crippen molar-refractivity contribution in [3.8, 4) is 17.3 Å². The van der Waals surface area contributed by atoms with Crippen LogP contribution < -0.4 is 5.43 Å². The molecule has 0 radical (unpaired) electrons. The van der Waals surface area contributed by atoms with Crippen LogP contribution in [0, 0.1) is 6.92 Å². The fourth-order valence-corrected chi connectivity index (χ4v) is 5.14. The molecule has 3 heterocycles. The van der Waals surface area contributed by atoms with Crippen LogP contribution in [0.3, 0.4) is 0 Å². The first-order chi connectivity index (χ1) is 15.7. The van der Waals surface area contributed by atoms with E-state index >= 15 is 0 Å². The number of aromatic hydroxyl groups is 1. The Morgan fingerprint density at radius 1 is 1.12 bits per heavy atom. The maximum Gasteiger partial charge on any atom is 0.242 e. The van der Waals surface area contributed by atoms with Gasteiger partial charge in [-0.1, -0.05) is 42.0 Å². The predicted molar refractivity (Wildman–Crippen MR) is 123 cm³/mol. The van der Waals surface area contributed by atoms with E-state index in [-0.39, 0.29) is 22.5 Å². The van der Waals surface area contributed by atoms with Gasteiger partial charge in [-0.05, 0) is 30.2 Å². The Morgan fingerprint density at radius 3 is 2.61 bits per heavy atom. The molecule has 0 aliphatic carbocycles. The van der Waals surface area contributed by atoms with Gasteiger partial charge < -0.3 is 9.67 Å². The third kappa shape index (κ3) is 3.64. The SMILES string of the molecule is Cc1ccc([C@@H](c2cccc(S(C)(=O)=O)c2)[C@H]2Cn3ccnc3-c3c(O)c(=O)cnn32)cc1. The maximum absolute atomic E-state index is 12.3. The summed E-state index contributed by atoms with van der Waals surface area (Å²) in [4.78, 5) is 16.8. The van der Waals surface area contributed by atoms with E-state index in [4.69, 9.17) is 0 Å². The fourth-order valence-electron chi connectivity index (χ4n) is 4.47. The van der Waals surface area contributed by atoms with Gasteiger partial charge in [-0.25, -0.2) is 13.4 Å². The van der Waals surface area contributed by atoms with Gasteiger partial charge in [-0.3, -0.25) is 9.48 Å². The lowest BCUT2D eigenvalue weighted by Crippen LogP contribution is -2.32. The minimum atomic E-state index is -3.41. The molecule has 168 valence electrons. The molecule has 1 aliphatic heterocycles. The van der Waals surface area contributed by atoms with Crippen molar-refractivity contribution in [3.63, 3.8) is 0 Å². The summed E-state index contributed by atoms with van der Waals surface area (Å²) in [7, 11) is -3.41. The van der Waals surface area contributed by atoms with Crippen molar-refractivity contribution < 1.29 is 13.5 Å². The molecular weight excluding hydrogens is 440 g/mol. The van der Waals surface area contributed by atoms with Crippen molar-refractivity contribution in [2.45, 2.75) is 30.3 Å². The third-order valence-corrected chi connectivity index (χ3v) is 7.19. The van der Waals surface area contributed by atoms with E-state index in [0.717, 1.165) is 22.9 Å². The summed E-state index contributed by atoms with van der Waals surface area (Å²) in [5.74, 6) is -0.257. The van der Waals surface area contributed by atoms with Crippen molar-refractivity contribution in [2.24, 2.45) is 0 Å². The van der Waals surface area contributed by atoms with Crippen LogP contribution in [0.5, 0.6) is 5.75 Å². The smallest absolute Gasteiger partial charge is 0.242 e.